The number of aryl methyl sites for hydroxylation is 1. The molecule has 0 radical (unpaired) electrons. The summed E-state index contributed by atoms with van der Waals surface area (Å²) in [6.07, 6.45) is 0.680. The van der Waals surface area contributed by atoms with Crippen molar-refractivity contribution in [2.24, 2.45) is 0 Å². The highest BCUT2D eigenvalue weighted by Crippen LogP contribution is 2.17. The van der Waals surface area contributed by atoms with Gasteiger partial charge in [-0.3, -0.25) is 10.1 Å². The standard InChI is InChI=1S/C13H15BrN4OS/c1-3-11(15-10-6-4-9(14)5-7-10)12(19)16-13-18-17-8(2)20-13/h4-7,11,15H,3H2,1-2H3,(H,16,18,19)/t11-/m1/s1. The van der Waals surface area contributed by atoms with Gasteiger partial charge in [0, 0.05) is 10.2 Å². The fourth-order valence-electron chi connectivity index (χ4n) is 1.64. The quantitative estimate of drug-likeness (QED) is 0.862. The van der Waals surface area contributed by atoms with Crippen LogP contribution in [0.15, 0.2) is 28.7 Å². The summed E-state index contributed by atoms with van der Waals surface area (Å²) in [4.78, 5) is 12.2. The van der Waals surface area contributed by atoms with Crippen molar-refractivity contribution in [3.63, 3.8) is 0 Å². The van der Waals surface area contributed by atoms with Crippen LogP contribution >= 0.6 is 27.3 Å². The molecule has 0 saturated carbocycles. The van der Waals surface area contributed by atoms with Crippen LogP contribution < -0.4 is 10.6 Å². The number of halogens is 1. The minimum atomic E-state index is -0.305. The van der Waals surface area contributed by atoms with Gasteiger partial charge >= 0.3 is 0 Å². The molecule has 2 N–H and O–H groups in total. The maximum absolute atomic E-state index is 12.2. The van der Waals surface area contributed by atoms with Crippen LogP contribution in [0.2, 0.25) is 0 Å². The molecule has 0 bridgehead atoms. The van der Waals surface area contributed by atoms with Gasteiger partial charge in [-0.05, 0) is 37.6 Å². The third-order valence-electron chi connectivity index (χ3n) is 2.67. The number of carbonyl (C=O) groups excluding carboxylic acids is 1. The minimum Gasteiger partial charge on any atom is -0.374 e. The molecule has 0 aliphatic carbocycles. The normalized spacial score (nSPS) is 11.9. The number of aromatic nitrogens is 2. The lowest BCUT2D eigenvalue weighted by atomic mass is 10.2. The molecule has 106 valence electrons. The third kappa shape index (κ3) is 4.01. The molecule has 2 aromatic rings. The third-order valence-corrected chi connectivity index (χ3v) is 3.95. The molecule has 2 rings (SSSR count). The van der Waals surface area contributed by atoms with Crippen LogP contribution in [0.3, 0.4) is 0 Å². The van der Waals surface area contributed by atoms with Gasteiger partial charge in [-0.15, -0.1) is 10.2 Å². The van der Waals surface area contributed by atoms with E-state index in [0.29, 0.717) is 11.6 Å². The zero-order valence-corrected chi connectivity index (χ0v) is 13.6. The number of nitrogens with one attached hydrogen (secondary N) is 2. The van der Waals surface area contributed by atoms with Crippen molar-refractivity contribution >= 4 is 44.0 Å². The molecule has 20 heavy (non-hydrogen) atoms. The molecule has 1 heterocycles. The number of hydrogen-bond acceptors (Lipinski definition) is 5. The fraction of sp³-hybridized carbons (Fsp3) is 0.308. The number of rotatable bonds is 5. The fourth-order valence-corrected chi connectivity index (χ4v) is 2.50. The molecule has 7 heteroatoms. The Labute approximate surface area is 129 Å². The predicted molar refractivity (Wildman–Crippen MR) is 85.1 cm³/mol. The van der Waals surface area contributed by atoms with Gasteiger partial charge in [0.25, 0.3) is 0 Å². The van der Waals surface area contributed by atoms with E-state index in [2.05, 4.69) is 36.8 Å². The summed E-state index contributed by atoms with van der Waals surface area (Å²) >= 11 is 4.75. The van der Waals surface area contributed by atoms with Crippen molar-refractivity contribution in [3.05, 3.63) is 33.7 Å². The molecule has 1 atom stereocenters. The zero-order valence-electron chi connectivity index (χ0n) is 11.2. The summed E-state index contributed by atoms with van der Waals surface area (Å²) < 4.78 is 1.00. The molecule has 1 aromatic carbocycles. The molecule has 0 spiro atoms. The van der Waals surface area contributed by atoms with E-state index >= 15 is 0 Å². The Morgan fingerprint density at radius 3 is 2.60 bits per heavy atom. The smallest absolute Gasteiger partial charge is 0.248 e. The lowest BCUT2D eigenvalue weighted by Gasteiger charge is -2.17. The van der Waals surface area contributed by atoms with Gasteiger partial charge in [-0.2, -0.15) is 0 Å². The Kier molecular flexibility index (Phi) is 5.08. The molecule has 0 aliphatic rings. The molecule has 1 amide bonds. The van der Waals surface area contributed by atoms with E-state index in [4.69, 9.17) is 0 Å². The van der Waals surface area contributed by atoms with E-state index in [1.165, 1.54) is 11.3 Å². The Balaban J connectivity index is 2.00. The second-order valence-corrected chi connectivity index (χ2v) is 6.32. The van der Waals surface area contributed by atoms with E-state index in [1.807, 2.05) is 38.1 Å². The maximum atomic E-state index is 12.2. The number of hydrogen-bond donors (Lipinski definition) is 2. The van der Waals surface area contributed by atoms with E-state index < -0.39 is 0 Å². The van der Waals surface area contributed by atoms with Gasteiger partial charge in [-0.1, -0.05) is 34.2 Å². The van der Waals surface area contributed by atoms with E-state index in [0.717, 1.165) is 15.2 Å². The second-order valence-electron chi connectivity index (χ2n) is 4.23. The topological polar surface area (TPSA) is 66.9 Å². The van der Waals surface area contributed by atoms with Crippen LogP contribution in [0.25, 0.3) is 0 Å². The van der Waals surface area contributed by atoms with Crippen LogP contribution in [-0.4, -0.2) is 22.1 Å². The van der Waals surface area contributed by atoms with Crippen molar-refractivity contribution in [2.45, 2.75) is 26.3 Å². The van der Waals surface area contributed by atoms with Crippen molar-refractivity contribution in [1.29, 1.82) is 0 Å². The van der Waals surface area contributed by atoms with E-state index in [9.17, 15) is 4.79 Å². The van der Waals surface area contributed by atoms with Crippen molar-refractivity contribution < 1.29 is 4.79 Å². The van der Waals surface area contributed by atoms with Gasteiger partial charge < -0.3 is 5.32 Å². The molecule has 0 saturated heterocycles. The Morgan fingerprint density at radius 2 is 2.05 bits per heavy atom. The molecule has 1 aromatic heterocycles. The van der Waals surface area contributed by atoms with Gasteiger partial charge in [0.1, 0.15) is 11.0 Å². The Bertz CT molecular complexity index is 584. The van der Waals surface area contributed by atoms with Crippen LogP contribution in [0.5, 0.6) is 0 Å². The largest absolute Gasteiger partial charge is 0.374 e. The first kappa shape index (κ1) is 14.9. The lowest BCUT2D eigenvalue weighted by Crippen LogP contribution is -2.34. The highest BCUT2D eigenvalue weighted by atomic mass is 79.9. The average Bonchev–Trinajstić information content (AvgIpc) is 2.83. The molecule has 5 nitrogen and oxygen atoms in total. The SMILES string of the molecule is CC[C@@H](Nc1ccc(Br)cc1)C(=O)Nc1nnc(C)s1. The number of amides is 1. The molecular formula is C13H15BrN4OS. The summed E-state index contributed by atoms with van der Waals surface area (Å²) in [7, 11) is 0. The second kappa shape index (κ2) is 6.81. The first-order chi connectivity index (χ1) is 9.58. The Morgan fingerprint density at radius 1 is 1.35 bits per heavy atom. The predicted octanol–water partition coefficient (Wildman–Crippen LogP) is 3.44. The monoisotopic (exact) mass is 354 g/mol. The first-order valence-electron chi connectivity index (χ1n) is 6.21. The first-order valence-corrected chi connectivity index (χ1v) is 7.82. The lowest BCUT2D eigenvalue weighted by molar-refractivity contribution is -0.117. The average molecular weight is 355 g/mol. The van der Waals surface area contributed by atoms with Gasteiger partial charge in [0.2, 0.25) is 11.0 Å². The summed E-state index contributed by atoms with van der Waals surface area (Å²) in [5, 5.41) is 15.1. The van der Waals surface area contributed by atoms with Crippen molar-refractivity contribution in [3.8, 4) is 0 Å². The van der Waals surface area contributed by atoms with E-state index in [1.54, 1.807) is 0 Å². The van der Waals surface area contributed by atoms with Crippen molar-refractivity contribution in [1.82, 2.24) is 10.2 Å². The van der Waals surface area contributed by atoms with Gasteiger partial charge in [0.05, 0.1) is 0 Å². The number of carbonyl (C=O) groups is 1. The van der Waals surface area contributed by atoms with Crippen LogP contribution in [0.4, 0.5) is 10.8 Å². The van der Waals surface area contributed by atoms with Crippen LogP contribution in [-0.2, 0) is 4.79 Å². The van der Waals surface area contributed by atoms with Crippen LogP contribution in [0.1, 0.15) is 18.4 Å². The van der Waals surface area contributed by atoms with Gasteiger partial charge in [0.15, 0.2) is 0 Å². The summed E-state index contributed by atoms with van der Waals surface area (Å²) in [5.41, 5.74) is 0.906. The molecular weight excluding hydrogens is 340 g/mol. The minimum absolute atomic E-state index is 0.105. The zero-order chi connectivity index (χ0) is 14.5. The summed E-state index contributed by atoms with van der Waals surface area (Å²) in [6.45, 7) is 3.81. The molecule has 0 fully saturated rings. The summed E-state index contributed by atoms with van der Waals surface area (Å²) in [5.74, 6) is -0.105. The molecule has 0 aliphatic heterocycles. The number of nitrogens with zero attached hydrogens (tertiary/aromatic N) is 2. The molecule has 0 unspecified atom stereocenters. The highest BCUT2D eigenvalue weighted by molar-refractivity contribution is 9.10. The Hall–Kier alpha value is -1.47. The van der Waals surface area contributed by atoms with Crippen molar-refractivity contribution in [2.75, 3.05) is 10.6 Å². The number of anilines is 2. The summed E-state index contributed by atoms with van der Waals surface area (Å²) in [6, 6.07) is 7.41. The van der Waals surface area contributed by atoms with Crippen LogP contribution in [0, 0.1) is 6.92 Å². The number of benzene rings is 1. The van der Waals surface area contributed by atoms with E-state index in [-0.39, 0.29) is 11.9 Å². The maximum Gasteiger partial charge on any atom is 0.248 e. The van der Waals surface area contributed by atoms with Gasteiger partial charge in [-0.25, -0.2) is 0 Å². The highest BCUT2D eigenvalue weighted by Gasteiger charge is 2.17.